The lowest BCUT2D eigenvalue weighted by atomic mass is 9.80. The normalized spacial score (nSPS) is 15.0. The Balaban J connectivity index is 1.48. The number of carbonyl (C=O) groups excluding carboxylic acids is 2. The molecule has 2 aromatic rings. The number of anilines is 1. The number of nitrogens with zero attached hydrogens (tertiary/aromatic N) is 2. The number of non-ortho nitro benzene ring substituents is 1. The van der Waals surface area contributed by atoms with E-state index in [4.69, 9.17) is 14.2 Å². The summed E-state index contributed by atoms with van der Waals surface area (Å²) in [6.07, 6.45) is 2.63. The highest BCUT2D eigenvalue weighted by atomic mass is 16.6. The molecule has 4 N–H and O–H groups in total. The Kier molecular flexibility index (Phi) is 14.2. The number of nitrogens with one attached hydrogen (secondary N) is 3. The van der Waals surface area contributed by atoms with Gasteiger partial charge in [-0.1, -0.05) is 32.4 Å². The highest BCUT2D eigenvalue weighted by Crippen LogP contribution is 2.40. The Labute approximate surface area is 274 Å². The molecule has 0 aromatic heterocycles. The first-order valence-electron chi connectivity index (χ1n) is 15.6. The number of benzene rings is 2. The largest absolute Gasteiger partial charge is 0.491 e. The predicted molar refractivity (Wildman–Crippen MR) is 175 cm³/mol. The van der Waals surface area contributed by atoms with Crippen LogP contribution in [0, 0.1) is 21.4 Å². The summed E-state index contributed by atoms with van der Waals surface area (Å²) in [5.74, 6) is -1.95. The van der Waals surface area contributed by atoms with E-state index in [0.29, 0.717) is 30.5 Å². The SMILES string of the molecule is COC(=O)C1=C(C#N)NC(C)=C(C(=O)OCCCCCCNc2ccc(OCC(O)CNC(C)C)cc2)C1c1cccc([N+](=O)[O-])c1. The molecular weight excluding hydrogens is 606 g/mol. The monoisotopic (exact) mass is 649 g/mol. The van der Waals surface area contributed by atoms with Crippen molar-refractivity contribution in [3.8, 4) is 11.8 Å². The maximum absolute atomic E-state index is 13.4. The minimum atomic E-state index is -1.10. The fourth-order valence-corrected chi connectivity index (χ4v) is 5.02. The lowest BCUT2D eigenvalue weighted by Crippen LogP contribution is -2.35. The number of ether oxygens (including phenoxy) is 3. The third kappa shape index (κ3) is 10.8. The van der Waals surface area contributed by atoms with E-state index in [1.165, 1.54) is 18.2 Å². The molecule has 3 rings (SSSR count). The first-order valence-corrected chi connectivity index (χ1v) is 15.6. The molecule has 0 saturated heterocycles. The summed E-state index contributed by atoms with van der Waals surface area (Å²) in [5, 5.41) is 40.5. The first kappa shape index (κ1) is 36.5. The van der Waals surface area contributed by atoms with Crippen molar-refractivity contribution in [2.75, 3.05) is 38.7 Å². The zero-order valence-electron chi connectivity index (χ0n) is 27.2. The van der Waals surface area contributed by atoms with Crippen LogP contribution in [0.15, 0.2) is 71.1 Å². The van der Waals surface area contributed by atoms with Crippen LogP contribution < -0.4 is 20.7 Å². The summed E-state index contributed by atoms with van der Waals surface area (Å²) < 4.78 is 16.1. The van der Waals surface area contributed by atoms with Crippen molar-refractivity contribution in [3.63, 3.8) is 0 Å². The summed E-state index contributed by atoms with van der Waals surface area (Å²) in [6.45, 7) is 7.19. The quantitative estimate of drug-likeness (QED) is 0.0770. The summed E-state index contributed by atoms with van der Waals surface area (Å²) in [6, 6.07) is 15.3. The number of aliphatic hydroxyl groups excluding tert-OH is 1. The van der Waals surface area contributed by atoms with Crippen molar-refractivity contribution in [3.05, 3.63) is 86.7 Å². The van der Waals surface area contributed by atoms with Gasteiger partial charge in [-0.15, -0.1) is 0 Å². The number of hydrogen-bond donors (Lipinski definition) is 4. The van der Waals surface area contributed by atoms with E-state index in [-0.39, 0.29) is 41.3 Å². The van der Waals surface area contributed by atoms with Gasteiger partial charge in [0.2, 0.25) is 0 Å². The Hall–Kier alpha value is -4.93. The molecule has 0 bridgehead atoms. The van der Waals surface area contributed by atoms with Crippen LogP contribution in [0.4, 0.5) is 11.4 Å². The van der Waals surface area contributed by atoms with E-state index >= 15 is 0 Å². The highest BCUT2D eigenvalue weighted by Gasteiger charge is 2.39. The zero-order valence-corrected chi connectivity index (χ0v) is 27.2. The van der Waals surface area contributed by atoms with Gasteiger partial charge in [-0.05, 0) is 56.0 Å². The topological polar surface area (TPSA) is 185 Å². The van der Waals surface area contributed by atoms with Crippen molar-refractivity contribution < 1.29 is 33.8 Å². The molecule has 1 heterocycles. The fourth-order valence-electron chi connectivity index (χ4n) is 5.02. The molecule has 2 atom stereocenters. The van der Waals surface area contributed by atoms with Crippen molar-refractivity contribution in [2.24, 2.45) is 0 Å². The van der Waals surface area contributed by atoms with Gasteiger partial charge in [-0.3, -0.25) is 10.1 Å². The van der Waals surface area contributed by atoms with Crippen LogP contribution in [0.1, 0.15) is 57.9 Å². The van der Waals surface area contributed by atoms with Crippen LogP contribution in [-0.2, 0) is 19.1 Å². The lowest BCUT2D eigenvalue weighted by Gasteiger charge is -2.29. The second kappa shape index (κ2) is 18.3. The molecule has 1 aliphatic rings. The molecule has 0 saturated carbocycles. The van der Waals surface area contributed by atoms with Crippen LogP contribution in [0.3, 0.4) is 0 Å². The second-order valence-electron chi connectivity index (χ2n) is 11.4. The minimum absolute atomic E-state index is 0.0739. The van der Waals surface area contributed by atoms with Gasteiger partial charge < -0.3 is 35.3 Å². The lowest BCUT2D eigenvalue weighted by molar-refractivity contribution is -0.384. The molecule has 13 heteroatoms. The van der Waals surface area contributed by atoms with Gasteiger partial charge in [0, 0.05) is 42.6 Å². The van der Waals surface area contributed by atoms with Gasteiger partial charge in [0.05, 0.1) is 35.7 Å². The number of methoxy groups -OCH3 is 1. The average Bonchev–Trinajstić information content (AvgIpc) is 3.06. The number of rotatable bonds is 18. The van der Waals surface area contributed by atoms with Crippen LogP contribution in [0.25, 0.3) is 0 Å². The van der Waals surface area contributed by atoms with Gasteiger partial charge in [0.25, 0.3) is 5.69 Å². The Morgan fingerprint density at radius 3 is 2.47 bits per heavy atom. The fraction of sp³-hybridized carbons (Fsp3) is 0.441. The number of esters is 2. The predicted octanol–water partition coefficient (Wildman–Crippen LogP) is 4.46. The molecule has 2 unspecified atom stereocenters. The molecule has 0 amide bonds. The molecule has 2 aromatic carbocycles. The van der Waals surface area contributed by atoms with Gasteiger partial charge in [0.1, 0.15) is 30.2 Å². The number of hydrogen-bond acceptors (Lipinski definition) is 12. The van der Waals surface area contributed by atoms with Crippen LogP contribution in [0.5, 0.6) is 5.75 Å². The summed E-state index contributed by atoms with van der Waals surface area (Å²) >= 11 is 0. The van der Waals surface area contributed by atoms with Gasteiger partial charge >= 0.3 is 11.9 Å². The number of aliphatic hydroxyl groups is 1. The van der Waals surface area contributed by atoms with Gasteiger partial charge in [-0.2, -0.15) is 5.26 Å². The van der Waals surface area contributed by atoms with Crippen molar-refractivity contribution in [1.82, 2.24) is 10.6 Å². The van der Waals surface area contributed by atoms with Crippen LogP contribution in [-0.4, -0.2) is 67.5 Å². The zero-order chi connectivity index (χ0) is 34.3. The smallest absolute Gasteiger partial charge is 0.337 e. The number of nitro benzene ring substituents is 1. The molecule has 0 radical (unpaired) electrons. The molecule has 0 fully saturated rings. The van der Waals surface area contributed by atoms with Crippen LogP contribution in [0.2, 0.25) is 0 Å². The number of unbranched alkanes of at least 4 members (excludes halogenated alkanes) is 3. The number of nitriles is 1. The van der Waals surface area contributed by atoms with Crippen molar-refractivity contribution >= 4 is 23.3 Å². The summed E-state index contributed by atoms with van der Waals surface area (Å²) in [7, 11) is 1.15. The number of dihydropyridines is 1. The van der Waals surface area contributed by atoms with E-state index in [0.717, 1.165) is 38.6 Å². The van der Waals surface area contributed by atoms with E-state index in [1.807, 2.05) is 44.2 Å². The molecule has 0 aliphatic carbocycles. The molecule has 13 nitrogen and oxygen atoms in total. The van der Waals surface area contributed by atoms with Crippen LogP contribution >= 0.6 is 0 Å². The van der Waals surface area contributed by atoms with Crippen molar-refractivity contribution in [1.29, 1.82) is 5.26 Å². The average molecular weight is 650 g/mol. The molecule has 252 valence electrons. The third-order valence-electron chi connectivity index (χ3n) is 7.41. The van der Waals surface area contributed by atoms with E-state index in [9.17, 15) is 30.1 Å². The number of nitro groups is 1. The first-order chi connectivity index (χ1) is 22.5. The van der Waals surface area contributed by atoms with E-state index < -0.39 is 28.9 Å². The van der Waals surface area contributed by atoms with E-state index in [1.54, 1.807) is 13.0 Å². The molecule has 1 aliphatic heterocycles. The van der Waals surface area contributed by atoms with Crippen molar-refractivity contribution in [2.45, 2.75) is 64.5 Å². The molecule has 47 heavy (non-hydrogen) atoms. The molecular formula is C34H43N5O8. The Bertz CT molecular complexity index is 1500. The minimum Gasteiger partial charge on any atom is -0.491 e. The Morgan fingerprint density at radius 1 is 1.09 bits per heavy atom. The number of carbonyl (C=O) groups is 2. The summed E-state index contributed by atoms with van der Waals surface area (Å²) in [4.78, 5) is 37.0. The molecule has 0 spiro atoms. The van der Waals surface area contributed by atoms with E-state index in [2.05, 4.69) is 16.0 Å². The standard InChI is InChI=1S/C34H43N5O8/c1-22(2)37-20-27(40)21-47-28-14-12-25(13-15-28)36-16-7-5-6-8-17-46-34(42)30-23(3)38-29(19-35)32(33(41)45-4)31(30)24-10-9-11-26(18-24)39(43)44/h9-15,18,22,27,31,36-38,40H,5-8,16-17,20-21H2,1-4H3. The maximum Gasteiger partial charge on any atom is 0.337 e. The van der Waals surface area contributed by atoms with Gasteiger partial charge in [0.15, 0.2) is 0 Å². The third-order valence-corrected chi connectivity index (χ3v) is 7.41. The Morgan fingerprint density at radius 2 is 1.81 bits per heavy atom. The second-order valence-corrected chi connectivity index (χ2v) is 11.4. The van der Waals surface area contributed by atoms with Gasteiger partial charge in [-0.25, -0.2) is 9.59 Å². The summed E-state index contributed by atoms with van der Waals surface area (Å²) in [5.41, 5.74) is 1.15. The maximum atomic E-state index is 13.4. The number of allylic oxidation sites excluding steroid dienone is 2. The highest BCUT2D eigenvalue weighted by molar-refractivity contribution is 6.00.